The van der Waals surface area contributed by atoms with Crippen molar-refractivity contribution in [3.05, 3.63) is 0 Å². The van der Waals surface area contributed by atoms with Crippen molar-refractivity contribution in [3.63, 3.8) is 0 Å². The monoisotopic (exact) mass is 264 g/mol. The quantitative estimate of drug-likeness (QED) is 0.285. The predicted octanol–water partition coefficient (Wildman–Crippen LogP) is -3.72. The summed E-state index contributed by atoms with van der Waals surface area (Å²) in [5, 5.41) is 24.0. The van der Waals surface area contributed by atoms with Gasteiger partial charge in [0.1, 0.15) is 6.10 Å². The first-order valence-corrected chi connectivity index (χ1v) is 5.73. The Bertz CT molecular complexity index is 52.2. The molecule has 0 bridgehead atoms. The van der Waals surface area contributed by atoms with Crippen LogP contribution in [0.1, 0.15) is 0 Å². The van der Waals surface area contributed by atoms with E-state index in [1.165, 1.54) is 0 Å². The first-order chi connectivity index (χ1) is 4.54. The van der Waals surface area contributed by atoms with Gasteiger partial charge in [-0.1, -0.05) is 0 Å². The van der Waals surface area contributed by atoms with Crippen molar-refractivity contribution >= 4 is 21.5 Å². The molecule has 64 valence electrons. The average molecular weight is 265 g/mol. The van der Waals surface area contributed by atoms with Crippen molar-refractivity contribution < 1.29 is 25.5 Å². The molecule has 10 heavy (non-hydrogen) atoms. The second-order valence-corrected chi connectivity index (χ2v) is 2.82. The molecule has 6 N–H and O–H groups in total. The van der Waals surface area contributed by atoms with E-state index in [1.807, 2.05) is 0 Å². The molecule has 0 aliphatic rings. The molecule has 0 saturated carbocycles. The molecule has 0 radical (unpaired) electrons. The summed E-state index contributed by atoms with van der Waals surface area (Å²) in [7, 11) is 0. The van der Waals surface area contributed by atoms with Gasteiger partial charge in [0.15, 0.2) is 0 Å². The zero-order chi connectivity index (χ0) is 8.57. The van der Waals surface area contributed by atoms with Gasteiger partial charge in [-0.25, -0.2) is 0 Å². The summed E-state index contributed by atoms with van der Waals surface area (Å²) < 4.78 is 22.0. The van der Waals surface area contributed by atoms with Gasteiger partial charge < -0.3 is 15.3 Å². The maximum atomic E-state index is 8.17. The van der Waals surface area contributed by atoms with Crippen LogP contribution in [0.15, 0.2) is 0 Å². The SMILES string of the molecule is OCC(O)CO.[OH][Sb]([OH])[OH]. The zero-order valence-electron chi connectivity index (χ0n) is 5.12. The van der Waals surface area contributed by atoms with Gasteiger partial charge in [0.25, 0.3) is 0 Å². The van der Waals surface area contributed by atoms with Crippen LogP contribution in [-0.2, 0) is 0 Å². The van der Waals surface area contributed by atoms with E-state index in [0.717, 1.165) is 0 Å². The van der Waals surface area contributed by atoms with Gasteiger partial charge in [-0.05, 0) is 0 Å². The third-order valence-electron chi connectivity index (χ3n) is 0.421. The van der Waals surface area contributed by atoms with Gasteiger partial charge >= 0.3 is 31.6 Å². The zero-order valence-corrected chi connectivity index (χ0v) is 7.67. The summed E-state index contributed by atoms with van der Waals surface area (Å²) in [6.07, 6.45) is -0.954. The van der Waals surface area contributed by atoms with E-state index in [4.69, 9.17) is 25.5 Å². The molecule has 0 rings (SSSR count). The van der Waals surface area contributed by atoms with Gasteiger partial charge in [-0.2, -0.15) is 0 Å². The molecule has 0 aliphatic heterocycles. The molecule has 0 aromatic carbocycles. The first-order valence-electron chi connectivity index (χ1n) is 2.31. The Morgan fingerprint density at radius 1 is 1.00 bits per heavy atom. The second-order valence-electron chi connectivity index (χ2n) is 1.29. The molecule has 0 aromatic rings. The number of hydrogen-bond donors (Lipinski definition) is 6. The molecule has 0 amide bonds. The van der Waals surface area contributed by atoms with Crippen molar-refractivity contribution in [1.29, 1.82) is 0 Å². The molecular formula is C3H11O6Sb. The van der Waals surface area contributed by atoms with Crippen LogP contribution in [0.5, 0.6) is 0 Å². The van der Waals surface area contributed by atoms with Crippen molar-refractivity contribution in [2.75, 3.05) is 13.2 Å². The van der Waals surface area contributed by atoms with E-state index in [0.29, 0.717) is 0 Å². The second kappa shape index (κ2) is 9.58. The van der Waals surface area contributed by atoms with Crippen LogP contribution < -0.4 is 0 Å². The molecule has 0 saturated heterocycles. The fraction of sp³-hybridized carbons (Fsp3) is 1.00. The third-order valence-corrected chi connectivity index (χ3v) is 0.421. The van der Waals surface area contributed by atoms with Gasteiger partial charge in [0.05, 0.1) is 13.2 Å². The van der Waals surface area contributed by atoms with Crippen molar-refractivity contribution in [2.24, 2.45) is 0 Å². The van der Waals surface area contributed by atoms with Crippen LogP contribution >= 0.6 is 0 Å². The molecule has 7 heteroatoms. The summed E-state index contributed by atoms with van der Waals surface area (Å²) in [5.74, 6) is 0. The standard InChI is InChI=1S/C3H8O3.3H2O.Sb/c4-1-3(6)2-5;;;;/h3-6H,1-2H2;3*1H2;/q;;;;+3/p-3. The first kappa shape index (κ1) is 13.2. The Balaban J connectivity index is 0. The van der Waals surface area contributed by atoms with Crippen LogP contribution in [0.4, 0.5) is 0 Å². The Kier molecular flexibility index (Phi) is 12.6. The predicted molar refractivity (Wildman–Crippen MR) is 32.6 cm³/mol. The van der Waals surface area contributed by atoms with Gasteiger partial charge in [0.2, 0.25) is 0 Å². The van der Waals surface area contributed by atoms with Crippen molar-refractivity contribution in [2.45, 2.75) is 6.10 Å². The molecule has 0 unspecified atom stereocenters. The van der Waals surface area contributed by atoms with E-state index in [-0.39, 0.29) is 13.2 Å². The summed E-state index contributed by atoms with van der Waals surface area (Å²) in [5.41, 5.74) is 0. The maximum absolute atomic E-state index is 8.17. The number of rotatable bonds is 2. The van der Waals surface area contributed by atoms with Crippen LogP contribution in [0.25, 0.3) is 0 Å². The van der Waals surface area contributed by atoms with Crippen molar-refractivity contribution in [1.82, 2.24) is 0 Å². The molecule has 0 aliphatic carbocycles. The van der Waals surface area contributed by atoms with Gasteiger partial charge in [-0.15, -0.1) is 0 Å². The van der Waals surface area contributed by atoms with Crippen LogP contribution in [-0.4, -0.2) is 66.3 Å². The van der Waals surface area contributed by atoms with E-state index in [9.17, 15) is 0 Å². The summed E-state index contributed by atoms with van der Waals surface area (Å²) in [6, 6.07) is 0. The molecule has 0 heterocycles. The van der Waals surface area contributed by atoms with Gasteiger partial charge in [0, 0.05) is 0 Å². The molecule has 0 spiro atoms. The minimum atomic E-state index is -3.45. The topological polar surface area (TPSA) is 121 Å². The number of hydrogen-bond acceptors (Lipinski definition) is 6. The third kappa shape index (κ3) is 23.5. The Morgan fingerprint density at radius 3 is 1.20 bits per heavy atom. The number of aliphatic hydroxyl groups excluding tert-OH is 3. The molecule has 0 atom stereocenters. The minimum absolute atomic E-state index is 0.365. The summed E-state index contributed by atoms with van der Waals surface area (Å²) >= 11 is -3.45. The summed E-state index contributed by atoms with van der Waals surface area (Å²) in [6.45, 7) is -0.729. The summed E-state index contributed by atoms with van der Waals surface area (Å²) in [4.78, 5) is 0. The number of aliphatic hydroxyl groups is 3. The Hall–Kier alpha value is 0.578. The molecule has 0 fully saturated rings. The van der Waals surface area contributed by atoms with E-state index in [1.54, 1.807) is 0 Å². The van der Waals surface area contributed by atoms with Crippen LogP contribution in [0, 0.1) is 0 Å². The fourth-order valence-electron chi connectivity index (χ4n) is 0.0577. The molecular weight excluding hydrogens is 254 g/mol. The Morgan fingerprint density at radius 2 is 1.20 bits per heavy atom. The van der Waals surface area contributed by atoms with E-state index >= 15 is 0 Å². The van der Waals surface area contributed by atoms with Crippen molar-refractivity contribution in [3.8, 4) is 0 Å². The van der Waals surface area contributed by atoms with E-state index < -0.39 is 27.6 Å². The Labute approximate surface area is 66.6 Å². The van der Waals surface area contributed by atoms with Crippen LogP contribution in [0.2, 0.25) is 0 Å². The van der Waals surface area contributed by atoms with Crippen LogP contribution in [0.3, 0.4) is 0 Å². The normalized spacial score (nSPS) is 9.60. The van der Waals surface area contributed by atoms with Gasteiger partial charge in [-0.3, -0.25) is 0 Å². The van der Waals surface area contributed by atoms with E-state index in [2.05, 4.69) is 0 Å². The average Bonchev–Trinajstić information content (AvgIpc) is 1.85. The molecule has 0 aromatic heterocycles. The fourth-order valence-corrected chi connectivity index (χ4v) is 0.0577. The molecule has 6 nitrogen and oxygen atoms in total.